The molecule has 0 spiro atoms. The molecule has 0 aliphatic carbocycles. The van der Waals surface area contributed by atoms with Gasteiger partial charge in [0.15, 0.2) is 0 Å². The van der Waals surface area contributed by atoms with Gasteiger partial charge in [-0.2, -0.15) is 0 Å². The summed E-state index contributed by atoms with van der Waals surface area (Å²) in [6, 6.07) is 10.0. The number of nitrogens with one attached hydrogen (secondary N) is 1. The van der Waals surface area contributed by atoms with E-state index in [9.17, 15) is 4.79 Å². The first kappa shape index (κ1) is 11.5. The van der Waals surface area contributed by atoms with Crippen molar-refractivity contribution in [3.63, 3.8) is 0 Å². The Morgan fingerprint density at radius 3 is 2.83 bits per heavy atom. The lowest BCUT2D eigenvalue weighted by Gasteiger charge is -1.93. The van der Waals surface area contributed by atoms with Crippen molar-refractivity contribution in [1.29, 1.82) is 0 Å². The van der Waals surface area contributed by atoms with E-state index in [1.54, 1.807) is 11.3 Å². The van der Waals surface area contributed by atoms with Crippen molar-refractivity contribution in [2.24, 2.45) is 0 Å². The molecule has 18 heavy (non-hydrogen) atoms. The highest BCUT2D eigenvalue weighted by molar-refractivity contribution is 8.04. The summed E-state index contributed by atoms with van der Waals surface area (Å²) in [7, 11) is 0. The molecule has 1 fully saturated rings. The van der Waals surface area contributed by atoms with E-state index in [1.165, 1.54) is 11.8 Å². The van der Waals surface area contributed by atoms with Crippen molar-refractivity contribution in [1.82, 2.24) is 10.3 Å². The van der Waals surface area contributed by atoms with Crippen LogP contribution in [0.1, 0.15) is 5.69 Å². The summed E-state index contributed by atoms with van der Waals surface area (Å²) in [6.07, 6.45) is 1.84. The number of aromatic nitrogens is 1. The summed E-state index contributed by atoms with van der Waals surface area (Å²) in [5.74, 6) is 0.648. The molecule has 1 amide bonds. The van der Waals surface area contributed by atoms with Gasteiger partial charge in [-0.05, 0) is 6.08 Å². The van der Waals surface area contributed by atoms with Crippen LogP contribution in [0.3, 0.4) is 0 Å². The van der Waals surface area contributed by atoms with E-state index < -0.39 is 0 Å². The highest BCUT2D eigenvalue weighted by Gasteiger charge is 2.17. The van der Waals surface area contributed by atoms with Crippen molar-refractivity contribution in [3.05, 3.63) is 46.3 Å². The van der Waals surface area contributed by atoms with Gasteiger partial charge in [0, 0.05) is 10.9 Å². The maximum Gasteiger partial charge on any atom is 0.258 e. The van der Waals surface area contributed by atoms with Gasteiger partial charge in [-0.15, -0.1) is 11.3 Å². The molecule has 1 aliphatic rings. The SMILES string of the molecule is O=C1NCS/C1=C/c1csc(-c2ccccc2)n1. The number of amides is 1. The van der Waals surface area contributed by atoms with Gasteiger partial charge in [0.2, 0.25) is 0 Å². The number of hydrogen-bond acceptors (Lipinski definition) is 4. The van der Waals surface area contributed by atoms with Gasteiger partial charge < -0.3 is 5.32 Å². The Balaban J connectivity index is 1.88. The van der Waals surface area contributed by atoms with E-state index in [1.807, 2.05) is 41.8 Å². The number of carbonyl (C=O) groups excluding carboxylic acids is 1. The second kappa shape index (κ2) is 4.96. The number of thioether (sulfide) groups is 1. The average Bonchev–Trinajstić information content (AvgIpc) is 3.02. The fourth-order valence-corrected chi connectivity index (χ4v) is 3.19. The summed E-state index contributed by atoms with van der Waals surface area (Å²) in [4.78, 5) is 16.7. The molecule has 1 aromatic heterocycles. The molecule has 0 atom stereocenters. The van der Waals surface area contributed by atoms with Crippen LogP contribution in [-0.2, 0) is 4.79 Å². The first-order valence-electron chi connectivity index (χ1n) is 5.46. The largest absolute Gasteiger partial charge is 0.342 e. The molecule has 0 unspecified atom stereocenters. The van der Waals surface area contributed by atoms with E-state index in [0.717, 1.165) is 21.2 Å². The molecule has 0 saturated carbocycles. The van der Waals surface area contributed by atoms with E-state index in [2.05, 4.69) is 10.3 Å². The summed E-state index contributed by atoms with van der Waals surface area (Å²) in [5, 5.41) is 5.71. The van der Waals surface area contributed by atoms with Crippen LogP contribution in [0.5, 0.6) is 0 Å². The van der Waals surface area contributed by atoms with E-state index in [-0.39, 0.29) is 5.91 Å². The Kier molecular flexibility index (Phi) is 3.17. The molecule has 1 saturated heterocycles. The number of carbonyl (C=O) groups is 1. The minimum absolute atomic E-state index is 0.00531. The van der Waals surface area contributed by atoms with E-state index in [4.69, 9.17) is 0 Å². The fraction of sp³-hybridized carbons (Fsp3) is 0.0769. The highest BCUT2D eigenvalue weighted by Crippen LogP contribution is 2.27. The van der Waals surface area contributed by atoms with Crippen LogP contribution >= 0.6 is 23.1 Å². The monoisotopic (exact) mass is 274 g/mol. The quantitative estimate of drug-likeness (QED) is 0.856. The molecule has 3 nitrogen and oxygen atoms in total. The lowest BCUT2D eigenvalue weighted by atomic mass is 10.2. The van der Waals surface area contributed by atoms with Gasteiger partial charge in [-0.1, -0.05) is 42.1 Å². The molecular formula is C13H10N2OS2. The van der Waals surface area contributed by atoms with Crippen molar-refractivity contribution in [2.75, 3.05) is 5.88 Å². The van der Waals surface area contributed by atoms with Gasteiger partial charge >= 0.3 is 0 Å². The maximum absolute atomic E-state index is 11.4. The van der Waals surface area contributed by atoms with Crippen LogP contribution < -0.4 is 5.32 Å². The number of thiazole rings is 1. The van der Waals surface area contributed by atoms with Gasteiger partial charge in [-0.25, -0.2) is 4.98 Å². The topological polar surface area (TPSA) is 42.0 Å². The zero-order valence-electron chi connectivity index (χ0n) is 9.42. The molecule has 2 heterocycles. The zero-order valence-corrected chi connectivity index (χ0v) is 11.1. The number of nitrogens with zero attached hydrogens (tertiary/aromatic N) is 1. The molecule has 1 aliphatic heterocycles. The molecule has 1 aromatic carbocycles. The lowest BCUT2D eigenvalue weighted by Crippen LogP contribution is -2.13. The molecule has 0 radical (unpaired) electrons. The van der Waals surface area contributed by atoms with Gasteiger partial charge in [-0.3, -0.25) is 4.79 Å². The predicted octanol–water partition coefficient (Wildman–Crippen LogP) is 2.97. The standard InChI is InChI=1S/C13H10N2OS2/c16-12-11(18-8-14-12)6-10-7-17-13(15-10)9-4-2-1-3-5-9/h1-7H,8H2,(H,14,16)/b11-6+. The minimum atomic E-state index is -0.00531. The highest BCUT2D eigenvalue weighted by atomic mass is 32.2. The normalized spacial score (nSPS) is 17.1. The number of hydrogen-bond donors (Lipinski definition) is 1. The van der Waals surface area contributed by atoms with Crippen LogP contribution in [0.25, 0.3) is 16.6 Å². The van der Waals surface area contributed by atoms with Crippen molar-refractivity contribution < 1.29 is 4.79 Å². The van der Waals surface area contributed by atoms with Crippen LogP contribution in [0.4, 0.5) is 0 Å². The van der Waals surface area contributed by atoms with E-state index in [0.29, 0.717) is 5.88 Å². The molecule has 0 bridgehead atoms. The second-order valence-corrected chi connectivity index (χ2v) is 5.62. The summed E-state index contributed by atoms with van der Waals surface area (Å²) in [5.41, 5.74) is 1.95. The minimum Gasteiger partial charge on any atom is -0.342 e. The second-order valence-electron chi connectivity index (χ2n) is 3.75. The summed E-state index contributed by atoms with van der Waals surface area (Å²) >= 11 is 3.11. The van der Waals surface area contributed by atoms with Crippen LogP contribution in [0.15, 0.2) is 40.6 Å². The number of rotatable bonds is 2. The molecular weight excluding hydrogens is 264 g/mol. The molecule has 2 aromatic rings. The van der Waals surface area contributed by atoms with Gasteiger partial charge in [0.25, 0.3) is 5.91 Å². The molecule has 90 valence electrons. The Morgan fingerprint density at radius 2 is 2.11 bits per heavy atom. The van der Waals surface area contributed by atoms with Gasteiger partial charge in [0.1, 0.15) is 5.01 Å². The maximum atomic E-state index is 11.4. The molecule has 5 heteroatoms. The molecule has 3 rings (SSSR count). The van der Waals surface area contributed by atoms with Crippen LogP contribution in [-0.4, -0.2) is 16.8 Å². The van der Waals surface area contributed by atoms with Gasteiger partial charge in [0.05, 0.1) is 16.5 Å². The summed E-state index contributed by atoms with van der Waals surface area (Å²) < 4.78 is 0. The Bertz CT molecular complexity index is 604. The fourth-order valence-electron chi connectivity index (χ4n) is 1.64. The third-order valence-electron chi connectivity index (χ3n) is 2.51. The first-order valence-corrected chi connectivity index (χ1v) is 7.33. The van der Waals surface area contributed by atoms with E-state index >= 15 is 0 Å². The first-order chi connectivity index (χ1) is 8.83. The third kappa shape index (κ3) is 2.32. The zero-order chi connectivity index (χ0) is 12.4. The average molecular weight is 274 g/mol. The predicted molar refractivity (Wildman–Crippen MR) is 76.1 cm³/mol. The van der Waals surface area contributed by atoms with Crippen LogP contribution in [0.2, 0.25) is 0 Å². The van der Waals surface area contributed by atoms with Crippen molar-refractivity contribution in [2.45, 2.75) is 0 Å². The Morgan fingerprint density at radius 1 is 1.28 bits per heavy atom. The summed E-state index contributed by atoms with van der Waals surface area (Å²) in [6.45, 7) is 0. The number of benzene rings is 1. The Hall–Kier alpha value is -1.59. The third-order valence-corrected chi connectivity index (χ3v) is 4.32. The smallest absolute Gasteiger partial charge is 0.258 e. The lowest BCUT2D eigenvalue weighted by molar-refractivity contribution is -0.116. The van der Waals surface area contributed by atoms with Crippen LogP contribution in [0, 0.1) is 0 Å². The molecule has 1 N–H and O–H groups in total. The van der Waals surface area contributed by atoms with Crippen molar-refractivity contribution >= 4 is 35.1 Å². The van der Waals surface area contributed by atoms with Crippen molar-refractivity contribution in [3.8, 4) is 10.6 Å². The Labute approximate surface area is 113 Å².